The Morgan fingerprint density at radius 3 is 2.78 bits per heavy atom. The van der Waals surface area contributed by atoms with Crippen LogP contribution >= 0.6 is 0 Å². The molecule has 1 unspecified atom stereocenters. The molecule has 0 saturated carbocycles. The third kappa shape index (κ3) is 3.48. The molecule has 1 aliphatic rings. The molecular weight excluding hydrogens is 290 g/mol. The van der Waals surface area contributed by atoms with Crippen molar-refractivity contribution < 1.29 is 9.52 Å². The Kier molecular flexibility index (Phi) is 4.83. The summed E-state index contributed by atoms with van der Waals surface area (Å²) in [5.41, 5.74) is 3.76. The van der Waals surface area contributed by atoms with Crippen molar-refractivity contribution in [3.8, 4) is 0 Å². The highest BCUT2D eigenvalue weighted by atomic mass is 16.4. The topological polar surface area (TPSA) is 53.7 Å². The van der Waals surface area contributed by atoms with E-state index in [2.05, 4.69) is 17.9 Å². The van der Waals surface area contributed by atoms with Gasteiger partial charge >= 0.3 is 5.63 Å². The Morgan fingerprint density at radius 2 is 2.00 bits per heavy atom. The van der Waals surface area contributed by atoms with Gasteiger partial charge in [0.2, 0.25) is 0 Å². The molecule has 1 fully saturated rings. The summed E-state index contributed by atoms with van der Waals surface area (Å²) in [7, 11) is 0. The van der Waals surface area contributed by atoms with Crippen molar-refractivity contribution in [2.75, 3.05) is 13.2 Å². The first-order chi connectivity index (χ1) is 11.1. The minimum absolute atomic E-state index is 0.219. The van der Waals surface area contributed by atoms with Crippen molar-refractivity contribution in [2.45, 2.75) is 52.1 Å². The first kappa shape index (κ1) is 16.2. The summed E-state index contributed by atoms with van der Waals surface area (Å²) >= 11 is 0. The first-order valence-corrected chi connectivity index (χ1v) is 8.47. The van der Waals surface area contributed by atoms with E-state index in [0.717, 1.165) is 42.4 Å². The maximum atomic E-state index is 11.9. The number of aryl methyl sites for hydroxylation is 2. The molecule has 4 nitrogen and oxygen atoms in total. The summed E-state index contributed by atoms with van der Waals surface area (Å²) in [6, 6.07) is 6.11. The van der Waals surface area contributed by atoms with Crippen LogP contribution in [0.2, 0.25) is 0 Å². The van der Waals surface area contributed by atoms with E-state index in [-0.39, 0.29) is 12.2 Å². The Morgan fingerprint density at radius 1 is 1.22 bits per heavy atom. The molecule has 4 heteroatoms. The summed E-state index contributed by atoms with van der Waals surface area (Å²) < 4.78 is 5.39. The number of likely N-dealkylation sites (tertiary alicyclic amines) is 1. The summed E-state index contributed by atoms with van der Waals surface area (Å²) in [4.78, 5) is 14.3. The molecule has 1 saturated heterocycles. The molecule has 1 N–H and O–H groups in total. The first-order valence-electron chi connectivity index (χ1n) is 8.47. The van der Waals surface area contributed by atoms with Gasteiger partial charge in [-0.3, -0.25) is 4.90 Å². The Hall–Kier alpha value is -1.65. The van der Waals surface area contributed by atoms with Crippen LogP contribution in [0.1, 0.15) is 42.4 Å². The SMILES string of the molecule is Cc1cc2oc(=O)cc(CN3CCCCC3CCO)c2cc1C. The lowest BCUT2D eigenvalue weighted by molar-refractivity contribution is 0.113. The van der Waals surface area contributed by atoms with Crippen molar-refractivity contribution in [2.24, 2.45) is 0 Å². The van der Waals surface area contributed by atoms with Gasteiger partial charge in [0.25, 0.3) is 0 Å². The molecule has 3 rings (SSSR count). The second kappa shape index (κ2) is 6.85. The maximum absolute atomic E-state index is 11.9. The third-order valence-electron chi connectivity index (χ3n) is 5.03. The zero-order chi connectivity index (χ0) is 16.4. The van der Waals surface area contributed by atoms with Crippen molar-refractivity contribution >= 4 is 11.0 Å². The predicted molar refractivity (Wildman–Crippen MR) is 91.7 cm³/mol. The van der Waals surface area contributed by atoms with Crippen LogP contribution in [0.25, 0.3) is 11.0 Å². The number of rotatable bonds is 4. The molecule has 2 aromatic rings. The molecule has 124 valence electrons. The van der Waals surface area contributed by atoms with E-state index in [0.29, 0.717) is 11.6 Å². The van der Waals surface area contributed by atoms with E-state index in [1.54, 1.807) is 6.07 Å². The number of aliphatic hydroxyl groups excluding tert-OH is 1. The van der Waals surface area contributed by atoms with Gasteiger partial charge in [-0.1, -0.05) is 6.42 Å². The molecule has 0 radical (unpaired) electrons. The van der Waals surface area contributed by atoms with E-state index in [1.165, 1.54) is 18.4 Å². The van der Waals surface area contributed by atoms with E-state index in [4.69, 9.17) is 4.42 Å². The molecule has 0 bridgehead atoms. The summed E-state index contributed by atoms with van der Waals surface area (Å²) in [5, 5.41) is 10.3. The number of hydrogen-bond donors (Lipinski definition) is 1. The summed E-state index contributed by atoms with van der Waals surface area (Å²) in [6.45, 7) is 6.10. The molecule has 1 aromatic carbocycles. The zero-order valence-corrected chi connectivity index (χ0v) is 14.0. The lowest BCUT2D eigenvalue weighted by Crippen LogP contribution is -2.39. The highest BCUT2D eigenvalue weighted by molar-refractivity contribution is 5.81. The molecule has 23 heavy (non-hydrogen) atoms. The van der Waals surface area contributed by atoms with Crippen molar-refractivity contribution in [1.82, 2.24) is 4.90 Å². The van der Waals surface area contributed by atoms with Gasteiger partial charge in [0.15, 0.2) is 0 Å². The minimum Gasteiger partial charge on any atom is -0.423 e. The van der Waals surface area contributed by atoms with Crippen molar-refractivity contribution in [3.05, 3.63) is 45.3 Å². The average molecular weight is 315 g/mol. The number of hydrogen-bond acceptors (Lipinski definition) is 4. The van der Waals surface area contributed by atoms with Crippen molar-refractivity contribution in [3.63, 3.8) is 0 Å². The highest BCUT2D eigenvalue weighted by Crippen LogP contribution is 2.26. The van der Waals surface area contributed by atoms with Crippen LogP contribution in [0.15, 0.2) is 27.4 Å². The zero-order valence-electron chi connectivity index (χ0n) is 14.0. The van der Waals surface area contributed by atoms with Crippen LogP contribution in [0.4, 0.5) is 0 Å². The van der Waals surface area contributed by atoms with Crippen LogP contribution in [0.3, 0.4) is 0 Å². The van der Waals surface area contributed by atoms with E-state index in [9.17, 15) is 9.90 Å². The van der Waals surface area contributed by atoms with Crippen LogP contribution in [-0.2, 0) is 6.54 Å². The lowest BCUT2D eigenvalue weighted by atomic mass is 9.97. The van der Waals surface area contributed by atoms with Gasteiger partial charge in [-0.15, -0.1) is 0 Å². The fraction of sp³-hybridized carbons (Fsp3) is 0.526. The van der Waals surface area contributed by atoms with Gasteiger partial charge in [0.05, 0.1) is 0 Å². The van der Waals surface area contributed by atoms with Gasteiger partial charge in [0.1, 0.15) is 5.58 Å². The second-order valence-corrected chi connectivity index (χ2v) is 6.66. The maximum Gasteiger partial charge on any atom is 0.336 e. The van der Waals surface area contributed by atoms with Crippen LogP contribution in [0, 0.1) is 13.8 Å². The van der Waals surface area contributed by atoms with Gasteiger partial charge < -0.3 is 9.52 Å². The Balaban J connectivity index is 1.98. The van der Waals surface area contributed by atoms with E-state index < -0.39 is 0 Å². The molecular formula is C19H25NO3. The third-order valence-corrected chi connectivity index (χ3v) is 5.03. The van der Waals surface area contributed by atoms with Gasteiger partial charge in [0, 0.05) is 30.6 Å². The minimum atomic E-state index is -0.286. The van der Waals surface area contributed by atoms with Gasteiger partial charge in [-0.2, -0.15) is 0 Å². The molecule has 0 spiro atoms. The quantitative estimate of drug-likeness (QED) is 0.881. The summed E-state index contributed by atoms with van der Waals surface area (Å²) in [6.07, 6.45) is 4.33. The standard InChI is InChI=1S/C19H25NO3/c1-13-9-17-15(11-19(22)23-18(17)10-14(13)2)12-20-7-4-3-5-16(20)6-8-21/h9-11,16,21H,3-8,12H2,1-2H3. The fourth-order valence-electron chi connectivity index (χ4n) is 3.58. The monoisotopic (exact) mass is 315 g/mol. The summed E-state index contributed by atoms with van der Waals surface area (Å²) in [5.74, 6) is 0. The van der Waals surface area contributed by atoms with E-state index in [1.807, 2.05) is 13.0 Å². The Labute approximate surface area is 136 Å². The molecule has 1 aliphatic heterocycles. The molecule has 0 amide bonds. The average Bonchev–Trinajstić information content (AvgIpc) is 2.51. The number of piperidine rings is 1. The largest absolute Gasteiger partial charge is 0.423 e. The lowest BCUT2D eigenvalue weighted by Gasteiger charge is -2.35. The van der Waals surface area contributed by atoms with Gasteiger partial charge in [-0.25, -0.2) is 4.79 Å². The predicted octanol–water partition coefficient (Wildman–Crippen LogP) is 3.15. The highest BCUT2D eigenvalue weighted by Gasteiger charge is 2.23. The van der Waals surface area contributed by atoms with E-state index >= 15 is 0 Å². The molecule has 2 heterocycles. The number of fused-ring (bicyclic) bond motifs is 1. The normalized spacial score (nSPS) is 19.3. The smallest absolute Gasteiger partial charge is 0.336 e. The Bertz CT molecular complexity index is 748. The number of benzene rings is 1. The fourth-order valence-corrected chi connectivity index (χ4v) is 3.58. The van der Waals surface area contributed by atoms with Crippen molar-refractivity contribution in [1.29, 1.82) is 0 Å². The molecule has 0 aliphatic carbocycles. The van der Waals surface area contributed by atoms with Crippen LogP contribution in [-0.4, -0.2) is 29.2 Å². The number of nitrogens with zero attached hydrogens (tertiary/aromatic N) is 1. The number of aliphatic hydroxyl groups is 1. The second-order valence-electron chi connectivity index (χ2n) is 6.66. The van der Waals surface area contributed by atoms with Crippen LogP contribution < -0.4 is 5.63 Å². The van der Waals surface area contributed by atoms with Crippen LogP contribution in [0.5, 0.6) is 0 Å². The van der Waals surface area contributed by atoms with Gasteiger partial charge in [-0.05, 0) is 68.5 Å². The molecule has 1 atom stereocenters. The molecule has 1 aromatic heterocycles.